The van der Waals surface area contributed by atoms with E-state index in [4.69, 9.17) is 5.73 Å². The first-order valence-corrected chi connectivity index (χ1v) is 7.20. The molecule has 4 N–H and O–H groups in total. The molecule has 1 unspecified atom stereocenters. The molecule has 3 amide bonds. The molecule has 0 spiro atoms. The van der Waals surface area contributed by atoms with Crippen molar-refractivity contribution in [2.24, 2.45) is 5.73 Å². The monoisotopic (exact) mass is 279 g/mol. The van der Waals surface area contributed by atoms with E-state index in [-0.39, 0.29) is 18.4 Å². The van der Waals surface area contributed by atoms with E-state index in [9.17, 15) is 9.59 Å². The standard InChI is InChI=1S/C13H17N3O2S/c14-13(18)16-12(17)5-7-15-10-6-8-19-11-4-2-1-3-9(10)11/h1-4,10,15H,5-8H2,(H3,14,16,17,18). The highest BCUT2D eigenvalue weighted by Gasteiger charge is 2.19. The smallest absolute Gasteiger partial charge is 0.318 e. The van der Waals surface area contributed by atoms with Crippen LogP contribution < -0.4 is 16.4 Å². The van der Waals surface area contributed by atoms with Gasteiger partial charge in [-0.15, -0.1) is 11.8 Å². The predicted octanol–water partition coefficient (Wildman–Crippen LogP) is 1.40. The minimum Gasteiger partial charge on any atom is -0.351 e. The van der Waals surface area contributed by atoms with Gasteiger partial charge in [0, 0.05) is 23.9 Å². The Morgan fingerprint density at radius 2 is 2.16 bits per heavy atom. The molecule has 102 valence electrons. The molecule has 19 heavy (non-hydrogen) atoms. The summed E-state index contributed by atoms with van der Waals surface area (Å²) in [6, 6.07) is 7.77. The van der Waals surface area contributed by atoms with E-state index in [1.54, 1.807) is 0 Å². The molecule has 0 saturated heterocycles. The fraction of sp³-hybridized carbons (Fsp3) is 0.385. The highest BCUT2D eigenvalue weighted by molar-refractivity contribution is 7.99. The van der Waals surface area contributed by atoms with Gasteiger partial charge in [0.25, 0.3) is 0 Å². The minimum absolute atomic E-state index is 0.245. The number of carbonyl (C=O) groups is 2. The van der Waals surface area contributed by atoms with E-state index in [1.165, 1.54) is 10.5 Å². The molecule has 2 rings (SSSR count). The Bertz CT molecular complexity index is 479. The summed E-state index contributed by atoms with van der Waals surface area (Å²) in [5.74, 6) is 0.723. The number of thioether (sulfide) groups is 1. The van der Waals surface area contributed by atoms with Crippen molar-refractivity contribution in [3.63, 3.8) is 0 Å². The number of benzene rings is 1. The SMILES string of the molecule is NC(=O)NC(=O)CCNC1CCSc2ccccc21. The van der Waals surface area contributed by atoms with Crippen LogP contribution in [-0.2, 0) is 4.79 Å². The lowest BCUT2D eigenvalue weighted by atomic mass is 10.0. The van der Waals surface area contributed by atoms with Crippen molar-refractivity contribution >= 4 is 23.7 Å². The molecule has 1 aromatic rings. The predicted molar refractivity (Wildman–Crippen MR) is 74.9 cm³/mol. The highest BCUT2D eigenvalue weighted by atomic mass is 32.2. The van der Waals surface area contributed by atoms with Crippen LogP contribution in [0.3, 0.4) is 0 Å². The molecule has 0 aliphatic carbocycles. The maximum absolute atomic E-state index is 11.3. The summed E-state index contributed by atoms with van der Waals surface area (Å²) in [6.45, 7) is 0.531. The zero-order chi connectivity index (χ0) is 13.7. The van der Waals surface area contributed by atoms with Crippen molar-refractivity contribution in [2.75, 3.05) is 12.3 Å². The lowest BCUT2D eigenvalue weighted by Crippen LogP contribution is -2.37. The fourth-order valence-electron chi connectivity index (χ4n) is 2.11. The molecule has 1 aliphatic heterocycles. The number of imide groups is 1. The molecule has 5 nitrogen and oxygen atoms in total. The Kier molecular flexibility index (Phi) is 4.81. The van der Waals surface area contributed by atoms with Gasteiger partial charge < -0.3 is 11.1 Å². The van der Waals surface area contributed by atoms with E-state index < -0.39 is 6.03 Å². The number of nitrogens with one attached hydrogen (secondary N) is 2. The number of urea groups is 1. The summed E-state index contributed by atoms with van der Waals surface area (Å²) in [5.41, 5.74) is 6.16. The van der Waals surface area contributed by atoms with Crippen LogP contribution in [0.25, 0.3) is 0 Å². The van der Waals surface area contributed by atoms with Crippen molar-refractivity contribution in [3.05, 3.63) is 29.8 Å². The van der Waals surface area contributed by atoms with Gasteiger partial charge >= 0.3 is 6.03 Å². The topological polar surface area (TPSA) is 84.2 Å². The molecule has 1 aromatic carbocycles. The Balaban J connectivity index is 1.84. The van der Waals surface area contributed by atoms with E-state index >= 15 is 0 Å². The Morgan fingerprint density at radius 3 is 2.95 bits per heavy atom. The maximum atomic E-state index is 11.3. The molecular weight excluding hydrogens is 262 g/mol. The van der Waals surface area contributed by atoms with E-state index in [1.807, 2.05) is 23.9 Å². The first-order chi connectivity index (χ1) is 9.16. The summed E-state index contributed by atoms with van der Waals surface area (Å²) in [6.07, 6.45) is 1.29. The molecule has 0 bridgehead atoms. The lowest BCUT2D eigenvalue weighted by Gasteiger charge is -2.25. The zero-order valence-corrected chi connectivity index (χ0v) is 11.3. The second-order valence-electron chi connectivity index (χ2n) is 4.34. The van der Waals surface area contributed by atoms with Gasteiger partial charge in [0.15, 0.2) is 0 Å². The van der Waals surface area contributed by atoms with Gasteiger partial charge in [-0.2, -0.15) is 0 Å². The van der Waals surface area contributed by atoms with Gasteiger partial charge in [0.2, 0.25) is 5.91 Å². The van der Waals surface area contributed by atoms with Crippen molar-refractivity contribution in [2.45, 2.75) is 23.8 Å². The molecule has 1 aliphatic rings. The summed E-state index contributed by atoms with van der Waals surface area (Å²) >= 11 is 1.86. The summed E-state index contributed by atoms with van der Waals surface area (Å²) in [7, 11) is 0. The zero-order valence-electron chi connectivity index (χ0n) is 10.5. The highest BCUT2D eigenvalue weighted by Crippen LogP contribution is 2.35. The minimum atomic E-state index is -0.801. The van der Waals surface area contributed by atoms with E-state index in [0.29, 0.717) is 6.54 Å². The largest absolute Gasteiger partial charge is 0.351 e. The van der Waals surface area contributed by atoms with Crippen LogP contribution in [0.5, 0.6) is 0 Å². The number of hydrogen-bond acceptors (Lipinski definition) is 4. The average Bonchev–Trinajstić information content (AvgIpc) is 2.38. The molecular formula is C13H17N3O2S. The summed E-state index contributed by atoms with van der Waals surface area (Å²) in [4.78, 5) is 23.1. The van der Waals surface area contributed by atoms with Crippen molar-refractivity contribution < 1.29 is 9.59 Å². The molecule has 0 radical (unpaired) electrons. The third-order valence-corrected chi connectivity index (χ3v) is 4.09. The van der Waals surface area contributed by atoms with Gasteiger partial charge in [0.05, 0.1) is 0 Å². The van der Waals surface area contributed by atoms with Crippen LogP contribution in [0, 0.1) is 0 Å². The molecule has 1 heterocycles. The van der Waals surface area contributed by atoms with Crippen LogP contribution in [-0.4, -0.2) is 24.2 Å². The van der Waals surface area contributed by atoms with Crippen molar-refractivity contribution in [1.82, 2.24) is 10.6 Å². The van der Waals surface area contributed by atoms with Gasteiger partial charge in [0.1, 0.15) is 0 Å². The summed E-state index contributed by atoms with van der Waals surface area (Å²) < 4.78 is 0. The average molecular weight is 279 g/mol. The van der Waals surface area contributed by atoms with Crippen LogP contribution in [0.2, 0.25) is 0 Å². The van der Waals surface area contributed by atoms with Gasteiger partial charge in [-0.1, -0.05) is 18.2 Å². The molecule has 1 atom stereocenters. The number of primary amides is 1. The molecule has 0 fully saturated rings. The van der Waals surface area contributed by atoms with Crippen LogP contribution in [0.15, 0.2) is 29.2 Å². The number of fused-ring (bicyclic) bond motifs is 1. The quantitative estimate of drug-likeness (QED) is 0.778. The summed E-state index contributed by atoms with van der Waals surface area (Å²) in [5, 5.41) is 5.41. The number of nitrogens with two attached hydrogens (primary N) is 1. The number of amides is 3. The molecule has 0 aromatic heterocycles. The third-order valence-electron chi connectivity index (χ3n) is 2.96. The van der Waals surface area contributed by atoms with E-state index in [2.05, 4.69) is 22.8 Å². The first kappa shape index (κ1) is 13.9. The fourth-order valence-corrected chi connectivity index (χ4v) is 3.24. The molecule has 0 saturated carbocycles. The maximum Gasteiger partial charge on any atom is 0.318 e. The Morgan fingerprint density at radius 1 is 1.37 bits per heavy atom. The van der Waals surface area contributed by atoms with Gasteiger partial charge in [-0.05, 0) is 23.8 Å². The van der Waals surface area contributed by atoms with E-state index in [0.717, 1.165) is 12.2 Å². The van der Waals surface area contributed by atoms with Gasteiger partial charge in [-0.3, -0.25) is 10.1 Å². The first-order valence-electron chi connectivity index (χ1n) is 6.21. The lowest BCUT2D eigenvalue weighted by molar-refractivity contribution is -0.119. The van der Waals surface area contributed by atoms with Crippen molar-refractivity contribution in [1.29, 1.82) is 0 Å². The van der Waals surface area contributed by atoms with Crippen LogP contribution in [0.1, 0.15) is 24.4 Å². The number of rotatable bonds is 4. The molecule has 6 heteroatoms. The Hall–Kier alpha value is -1.53. The van der Waals surface area contributed by atoms with Crippen LogP contribution in [0.4, 0.5) is 4.79 Å². The second-order valence-corrected chi connectivity index (χ2v) is 5.48. The number of hydrogen-bond donors (Lipinski definition) is 3. The van der Waals surface area contributed by atoms with Crippen LogP contribution >= 0.6 is 11.8 Å². The Labute approximate surface area is 116 Å². The van der Waals surface area contributed by atoms with Gasteiger partial charge in [-0.25, -0.2) is 4.79 Å². The number of carbonyl (C=O) groups excluding carboxylic acids is 2. The van der Waals surface area contributed by atoms with Crippen molar-refractivity contribution in [3.8, 4) is 0 Å². The second kappa shape index (κ2) is 6.58. The third kappa shape index (κ3) is 3.97. The normalized spacial score (nSPS) is 17.6.